The van der Waals surface area contributed by atoms with Gasteiger partial charge in [-0.1, -0.05) is 0 Å². The Kier molecular flexibility index (Phi) is 3.43. The second kappa shape index (κ2) is 4.91. The summed E-state index contributed by atoms with van der Waals surface area (Å²) in [6, 6.07) is 0. The first-order chi connectivity index (χ1) is 9.30. The summed E-state index contributed by atoms with van der Waals surface area (Å²) < 4.78 is 39.5. The largest absolute Gasteiger partial charge is 0.435 e. The molecule has 0 spiro atoms. The second-order valence-corrected chi connectivity index (χ2v) is 3.98. The quantitative estimate of drug-likeness (QED) is 0.842. The van der Waals surface area contributed by atoms with E-state index in [1.807, 2.05) is 0 Å². The molecule has 0 aliphatic rings. The van der Waals surface area contributed by atoms with Crippen molar-refractivity contribution in [1.82, 2.24) is 19.7 Å². The van der Waals surface area contributed by atoms with Gasteiger partial charge < -0.3 is 4.90 Å². The van der Waals surface area contributed by atoms with Crippen LogP contribution in [0.3, 0.4) is 0 Å². The lowest BCUT2D eigenvalue weighted by Gasteiger charge is -2.12. The molecule has 0 fully saturated rings. The fourth-order valence-electron chi connectivity index (χ4n) is 1.51. The number of hydrogen-bond acceptors (Lipinski definition) is 4. The summed E-state index contributed by atoms with van der Waals surface area (Å²) in [4.78, 5) is 19.3. The van der Waals surface area contributed by atoms with Crippen molar-refractivity contribution >= 4 is 11.6 Å². The van der Waals surface area contributed by atoms with Crippen molar-refractivity contribution < 1.29 is 18.0 Å². The van der Waals surface area contributed by atoms with Crippen LogP contribution in [0.5, 0.6) is 0 Å². The topological polar surface area (TPSA) is 63.9 Å². The van der Waals surface area contributed by atoms with Crippen molar-refractivity contribution in [3.63, 3.8) is 0 Å². The number of alkyl halides is 3. The third-order valence-electron chi connectivity index (χ3n) is 2.64. The van der Waals surface area contributed by atoms with E-state index in [-0.39, 0.29) is 11.6 Å². The molecule has 0 aliphatic carbocycles. The molecule has 0 unspecified atom stereocenters. The highest BCUT2D eigenvalue weighted by Gasteiger charge is 2.36. The minimum atomic E-state index is -4.61. The van der Waals surface area contributed by atoms with Crippen molar-refractivity contribution in [2.45, 2.75) is 13.1 Å². The van der Waals surface area contributed by atoms with E-state index in [1.54, 1.807) is 0 Å². The summed E-state index contributed by atoms with van der Waals surface area (Å²) in [6.07, 6.45) is -0.195. The smallest absolute Gasteiger partial charge is 0.313 e. The Morgan fingerprint density at radius 2 is 2.05 bits per heavy atom. The maximum Gasteiger partial charge on any atom is 0.435 e. The predicted molar refractivity (Wildman–Crippen MR) is 63.2 cm³/mol. The molecule has 2 aromatic heterocycles. The predicted octanol–water partition coefficient (Wildman–Crippen LogP) is 1.66. The third kappa shape index (κ3) is 2.60. The molecule has 2 aromatic rings. The number of rotatable bonds is 2. The molecule has 0 saturated heterocycles. The second-order valence-electron chi connectivity index (χ2n) is 3.98. The number of aromatic nitrogens is 4. The van der Waals surface area contributed by atoms with E-state index in [4.69, 9.17) is 0 Å². The molecule has 0 radical (unpaired) electrons. The Balaban J connectivity index is 2.46. The summed E-state index contributed by atoms with van der Waals surface area (Å²) in [5, 5.41) is 3.81. The van der Waals surface area contributed by atoms with Gasteiger partial charge >= 0.3 is 6.18 Å². The van der Waals surface area contributed by atoms with Gasteiger partial charge in [0.05, 0.1) is 24.3 Å². The van der Waals surface area contributed by atoms with E-state index in [9.17, 15) is 18.0 Å². The van der Waals surface area contributed by atoms with Crippen molar-refractivity contribution in [3.05, 3.63) is 30.6 Å². The van der Waals surface area contributed by atoms with Crippen molar-refractivity contribution in [3.8, 4) is 5.69 Å². The van der Waals surface area contributed by atoms with E-state index in [0.29, 0.717) is 5.69 Å². The van der Waals surface area contributed by atoms with Gasteiger partial charge in [0.25, 0.3) is 0 Å². The number of carbonyl (C=O) groups is 1. The Bertz CT molecular complexity index is 637. The number of nitrogens with zero attached hydrogens (tertiary/aromatic N) is 5. The molecule has 106 valence electrons. The number of halogens is 3. The van der Waals surface area contributed by atoms with E-state index in [0.717, 1.165) is 17.2 Å². The molecule has 1 amide bonds. The Morgan fingerprint density at radius 1 is 1.35 bits per heavy atom. The molecule has 9 heteroatoms. The standard InChI is InChI=1S/C11H10F3N5O/c1-7(20)18(2)8-3-17-19(5-8)9-4-15-6-16-10(9)11(12,13)14/h3-6H,1-2H3. The maximum atomic E-state index is 12.8. The highest BCUT2D eigenvalue weighted by atomic mass is 19.4. The van der Waals surface area contributed by atoms with E-state index in [2.05, 4.69) is 15.1 Å². The van der Waals surface area contributed by atoms with Crippen LogP contribution in [-0.2, 0) is 11.0 Å². The molecule has 20 heavy (non-hydrogen) atoms. The lowest BCUT2D eigenvalue weighted by atomic mass is 10.3. The maximum absolute atomic E-state index is 12.8. The number of carbonyl (C=O) groups excluding carboxylic acids is 1. The van der Waals surface area contributed by atoms with Gasteiger partial charge in [-0.05, 0) is 0 Å². The van der Waals surface area contributed by atoms with Crippen LogP contribution in [0.4, 0.5) is 18.9 Å². The van der Waals surface area contributed by atoms with Gasteiger partial charge in [0.1, 0.15) is 12.0 Å². The van der Waals surface area contributed by atoms with Crippen LogP contribution in [0.15, 0.2) is 24.9 Å². The van der Waals surface area contributed by atoms with Gasteiger partial charge in [-0.25, -0.2) is 14.6 Å². The third-order valence-corrected chi connectivity index (χ3v) is 2.64. The molecule has 0 N–H and O–H groups in total. The van der Waals surface area contributed by atoms with E-state index in [1.165, 1.54) is 31.3 Å². The Labute approximate surface area is 111 Å². The molecular weight excluding hydrogens is 275 g/mol. The number of anilines is 1. The average Bonchev–Trinajstić information content (AvgIpc) is 2.86. The van der Waals surface area contributed by atoms with E-state index >= 15 is 0 Å². The van der Waals surface area contributed by atoms with Crippen LogP contribution in [0.1, 0.15) is 12.6 Å². The summed E-state index contributed by atoms with van der Waals surface area (Å²) >= 11 is 0. The average molecular weight is 285 g/mol. The highest BCUT2D eigenvalue weighted by Crippen LogP contribution is 2.31. The minimum absolute atomic E-state index is 0.259. The zero-order chi connectivity index (χ0) is 14.9. The fraction of sp³-hybridized carbons (Fsp3) is 0.273. The molecule has 0 saturated carbocycles. The van der Waals surface area contributed by atoms with E-state index < -0.39 is 11.9 Å². The van der Waals surface area contributed by atoms with Crippen LogP contribution in [0.2, 0.25) is 0 Å². The lowest BCUT2D eigenvalue weighted by Crippen LogP contribution is -2.22. The molecule has 0 aromatic carbocycles. The zero-order valence-corrected chi connectivity index (χ0v) is 10.6. The van der Waals surface area contributed by atoms with Crippen LogP contribution in [0.25, 0.3) is 5.69 Å². The Morgan fingerprint density at radius 3 is 2.65 bits per heavy atom. The van der Waals surface area contributed by atoms with Crippen LogP contribution >= 0.6 is 0 Å². The molecule has 0 bridgehead atoms. The van der Waals surface area contributed by atoms with Crippen LogP contribution < -0.4 is 4.90 Å². The highest BCUT2D eigenvalue weighted by molar-refractivity contribution is 5.90. The first-order valence-electron chi connectivity index (χ1n) is 5.47. The summed E-state index contributed by atoms with van der Waals surface area (Å²) in [5.41, 5.74) is -1.02. The SMILES string of the molecule is CC(=O)N(C)c1cnn(-c2cncnc2C(F)(F)F)c1. The molecular formula is C11H10F3N5O. The summed E-state index contributed by atoms with van der Waals surface area (Å²) in [6.45, 7) is 1.34. The normalized spacial score (nSPS) is 11.4. The van der Waals surface area contributed by atoms with Crippen molar-refractivity contribution in [1.29, 1.82) is 0 Å². The van der Waals surface area contributed by atoms with Gasteiger partial charge in [0.15, 0.2) is 5.69 Å². The minimum Gasteiger partial charge on any atom is -0.313 e. The summed E-state index contributed by atoms with van der Waals surface area (Å²) in [7, 11) is 1.50. The number of amides is 1. The van der Waals surface area contributed by atoms with Crippen molar-refractivity contribution in [2.24, 2.45) is 0 Å². The monoisotopic (exact) mass is 285 g/mol. The molecule has 0 atom stereocenters. The lowest BCUT2D eigenvalue weighted by molar-refractivity contribution is -0.141. The molecule has 0 aliphatic heterocycles. The zero-order valence-electron chi connectivity index (χ0n) is 10.6. The van der Waals surface area contributed by atoms with Gasteiger partial charge in [0, 0.05) is 14.0 Å². The first kappa shape index (κ1) is 14.0. The van der Waals surface area contributed by atoms with Crippen molar-refractivity contribution in [2.75, 3.05) is 11.9 Å². The van der Waals surface area contributed by atoms with Crippen LogP contribution in [0, 0.1) is 0 Å². The first-order valence-corrected chi connectivity index (χ1v) is 5.47. The van der Waals surface area contributed by atoms with Gasteiger partial charge in [-0.3, -0.25) is 4.79 Å². The molecule has 2 heterocycles. The summed E-state index contributed by atoms with van der Waals surface area (Å²) in [5.74, 6) is -0.259. The van der Waals surface area contributed by atoms with Gasteiger partial charge in [-0.15, -0.1) is 0 Å². The molecule has 2 rings (SSSR count). The van der Waals surface area contributed by atoms with Crippen LogP contribution in [-0.4, -0.2) is 32.7 Å². The van der Waals surface area contributed by atoms with Gasteiger partial charge in [0.2, 0.25) is 5.91 Å². The number of hydrogen-bond donors (Lipinski definition) is 0. The fourth-order valence-corrected chi connectivity index (χ4v) is 1.51. The van der Waals surface area contributed by atoms with Gasteiger partial charge in [-0.2, -0.15) is 18.3 Å². The Hall–Kier alpha value is -2.45. The molecule has 6 nitrogen and oxygen atoms in total.